The van der Waals surface area contributed by atoms with Crippen molar-refractivity contribution in [3.8, 4) is 44.5 Å². The van der Waals surface area contributed by atoms with E-state index in [0.717, 1.165) is 101 Å². The lowest BCUT2D eigenvalue weighted by Crippen LogP contribution is -2.27. The summed E-state index contributed by atoms with van der Waals surface area (Å²) in [6, 6.07) is 54.2. The van der Waals surface area contributed by atoms with Gasteiger partial charge in [0.15, 0.2) is 0 Å². The number of carbonyl (C=O) groups is 1. The molecule has 61 heavy (non-hydrogen) atoms. The molecule has 8 heteroatoms. The van der Waals surface area contributed by atoms with Crippen LogP contribution in [-0.4, -0.2) is 31.6 Å². The van der Waals surface area contributed by atoms with Crippen LogP contribution in [0.25, 0.3) is 90.9 Å². The Balaban J connectivity index is 1.18. The molecule has 0 radical (unpaired) electrons. The first kappa shape index (κ1) is 36.5. The summed E-state index contributed by atoms with van der Waals surface area (Å²) in [7, 11) is 0. The second kappa shape index (κ2) is 15.2. The number of nitrogens with zero attached hydrogens (tertiary/aromatic N) is 3. The molecule has 1 atom stereocenters. The third-order valence-corrected chi connectivity index (χ3v) is 12.6. The van der Waals surface area contributed by atoms with Gasteiger partial charge in [0.25, 0.3) is 0 Å². The van der Waals surface area contributed by atoms with Crippen LogP contribution in [0.5, 0.6) is 0 Å². The Morgan fingerprint density at radius 1 is 0.475 bits per heavy atom. The van der Waals surface area contributed by atoms with Gasteiger partial charge in [-0.25, -0.2) is 14.4 Å². The van der Waals surface area contributed by atoms with Crippen LogP contribution in [0.4, 0.5) is 10.1 Å². The fourth-order valence-electron chi connectivity index (χ4n) is 8.60. The minimum atomic E-state index is -0.303. The lowest BCUT2D eigenvalue weighted by Gasteiger charge is -2.24. The first-order chi connectivity index (χ1) is 30.1. The summed E-state index contributed by atoms with van der Waals surface area (Å²) in [4.78, 5) is 33.6. The first-order valence-electron chi connectivity index (χ1n) is 20.2. The Bertz CT molecular complexity index is 3170. The molecular formula is C53H36FN5OS. The molecule has 8 bridgehead atoms. The number of carbonyl (C=O) groups excluding carboxylic acids is 1. The summed E-state index contributed by atoms with van der Waals surface area (Å²) in [6.45, 7) is 0. The summed E-state index contributed by atoms with van der Waals surface area (Å²) in [5.74, 6) is 0.0583. The van der Waals surface area contributed by atoms with E-state index in [1.807, 2.05) is 35.2 Å². The summed E-state index contributed by atoms with van der Waals surface area (Å²) < 4.78 is 13.9. The van der Waals surface area contributed by atoms with Gasteiger partial charge in [0.1, 0.15) is 11.2 Å². The third kappa shape index (κ3) is 6.67. The van der Waals surface area contributed by atoms with Gasteiger partial charge in [-0.1, -0.05) is 115 Å². The highest BCUT2D eigenvalue weighted by Crippen LogP contribution is 2.43. The molecule has 8 aromatic rings. The molecule has 1 saturated heterocycles. The molecule has 1 unspecified atom stereocenters. The van der Waals surface area contributed by atoms with E-state index in [4.69, 9.17) is 9.97 Å². The molecule has 0 aliphatic carbocycles. The number of hydrogen-bond acceptors (Lipinski definition) is 4. The smallest absolute Gasteiger partial charge is 0.238 e. The van der Waals surface area contributed by atoms with Gasteiger partial charge in [0.05, 0.1) is 28.5 Å². The van der Waals surface area contributed by atoms with E-state index >= 15 is 0 Å². The zero-order valence-electron chi connectivity index (χ0n) is 32.7. The molecule has 6 heterocycles. The van der Waals surface area contributed by atoms with Gasteiger partial charge in [-0.15, -0.1) is 11.8 Å². The number of hydrogen-bond donors (Lipinski definition) is 2. The van der Waals surface area contributed by atoms with Crippen molar-refractivity contribution in [2.75, 3.05) is 10.7 Å². The Hall–Kier alpha value is -7.55. The highest BCUT2D eigenvalue weighted by Gasteiger charge is 2.34. The van der Waals surface area contributed by atoms with E-state index in [0.29, 0.717) is 5.75 Å². The van der Waals surface area contributed by atoms with E-state index < -0.39 is 0 Å². The second-order valence-electron chi connectivity index (χ2n) is 15.1. The van der Waals surface area contributed by atoms with Crippen LogP contribution in [0, 0.1) is 5.82 Å². The van der Waals surface area contributed by atoms with Crippen molar-refractivity contribution in [3.63, 3.8) is 0 Å². The number of thioether (sulfide) groups is 1. The number of rotatable bonds is 6. The van der Waals surface area contributed by atoms with Crippen molar-refractivity contribution in [1.29, 1.82) is 0 Å². The van der Waals surface area contributed by atoms with Crippen molar-refractivity contribution in [3.05, 3.63) is 198 Å². The van der Waals surface area contributed by atoms with E-state index in [1.165, 1.54) is 12.1 Å². The van der Waals surface area contributed by atoms with Gasteiger partial charge in [-0.05, 0) is 101 Å². The van der Waals surface area contributed by atoms with Crippen LogP contribution in [0.3, 0.4) is 0 Å². The van der Waals surface area contributed by atoms with Gasteiger partial charge >= 0.3 is 0 Å². The van der Waals surface area contributed by atoms with Crippen molar-refractivity contribution in [2.24, 2.45) is 0 Å². The summed E-state index contributed by atoms with van der Waals surface area (Å²) in [6.07, 6.45) is 8.40. The van der Waals surface area contributed by atoms with Crippen LogP contribution in [-0.2, 0) is 4.79 Å². The number of fused-ring (bicyclic) bond motifs is 8. The largest absolute Gasteiger partial charge is 0.354 e. The van der Waals surface area contributed by atoms with Crippen LogP contribution < -0.4 is 4.90 Å². The van der Waals surface area contributed by atoms with Gasteiger partial charge < -0.3 is 9.97 Å². The highest BCUT2D eigenvalue weighted by atomic mass is 32.2. The van der Waals surface area contributed by atoms with Crippen LogP contribution >= 0.6 is 11.8 Å². The number of nitrogens with one attached hydrogen (secondary N) is 2. The summed E-state index contributed by atoms with van der Waals surface area (Å²) in [5.41, 5.74) is 16.6. The number of halogens is 1. The molecule has 3 aliphatic heterocycles. The maximum atomic E-state index is 13.9. The second-order valence-corrected chi connectivity index (χ2v) is 16.2. The van der Waals surface area contributed by atoms with Crippen LogP contribution in [0.1, 0.15) is 33.7 Å². The van der Waals surface area contributed by atoms with Gasteiger partial charge in [-0.2, -0.15) is 0 Å². The van der Waals surface area contributed by atoms with E-state index in [1.54, 1.807) is 23.9 Å². The highest BCUT2D eigenvalue weighted by molar-refractivity contribution is 8.00. The SMILES string of the molecule is O=C1CSC(c2ccc(F)cc2)N1c1ccc(-c2c3nc(c(-c4ccccc4)c4ccc([nH]4)c(-c4ccccc4)c4nc(c(-c5ccccc5)c5ccc2[nH]5)C=C4)C=C3)cc1. The zero-order valence-corrected chi connectivity index (χ0v) is 33.5. The van der Waals surface area contributed by atoms with E-state index in [2.05, 4.69) is 143 Å². The van der Waals surface area contributed by atoms with Crippen molar-refractivity contribution in [2.45, 2.75) is 5.37 Å². The molecule has 5 aromatic carbocycles. The molecular weight excluding hydrogens is 774 g/mol. The molecule has 1 amide bonds. The van der Waals surface area contributed by atoms with Crippen molar-refractivity contribution < 1.29 is 9.18 Å². The molecule has 1 fully saturated rings. The fourth-order valence-corrected chi connectivity index (χ4v) is 9.78. The minimum absolute atomic E-state index is 0.0130. The Kier molecular flexibility index (Phi) is 9.12. The number of amides is 1. The predicted octanol–water partition coefficient (Wildman–Crippen LogP) is 13.2. The predicted molar refractivity (Wildman–Crippen MR) is 250 cm³/mol. The molecule has 3 aliphatic rings. The number of H-pyrrole nitrogens is 2. The Morgan fingerprint density at radius 3 is 1.25 bits per heavy atom. The monoisotopic (exact) mass is 809 g/mol. The van der Waals surface area contributed by atoms with Gasteiger partial charge in [0, 0.05) is 50.0 Å². The molecule has 6 nitrogen and oxygen atoms in total. The normalized spacial score (nSPS) is 14.5. The number of anilines is 1. The average molecular weight is 810 g/mol. The number of aromatic amines is 2. The summed E-state index contributed by atoms with van der Waals surface area (Å²) >= 11 is 1.54. The Morgan fingerprint density at radius 2 is 0.852 bits per heavy atom. The van der Waals surface area contributed by atoms with Crippen molar-refractivity contribution in [1.82, 2.24) is 19.9 Å². The fraction of sp³-hybridized carbons (Fsp3) is 0.0377. The number of aromatic nitrogens is 4. The lowest BCUT2D eigenvalue weighted by molar-refractivity contribution is -0.115. The van der Waals surface area contributed by atoms with Crippen molar-refractivity contribution >= 4 is 69.7 Å². The van der Waals surface area contributed by atoms with Crippen LogP contribution in [0.2, 0.25) is 0 Å². The maximum absolute atomic E-state index is 13.9. The molecule has 3 aromatic heterocycles. The van der Waals surface area contributed by atoms with Gasteiger partial charge in [0.2, 0.25) is 5.91 Å². The van der Waals surface area contributed by atoms with E-state index in [9.17, 15) is 9.18 Å². The van der Waals surface area contributed by atoms with E-state index in [-0.39, 0.29) is 17.1 Å². The zero-order chi connectivity index (χ0) is 40.9. The quantitative estimate of drug-likeness (QED) is 0.175. The number of benzene rings is 5. The maximum Gasteiger partial charge on any atom is 0.238 e. The molecule has 0 spiro atoms. The Labute approximate surface area is 355 Å². The lowest BCUT2D eigenvalue weighted by atomic mass is 10.0. The average Bonchev–Trinajstić information content (AvgIpc) is 4.17. The molecule has 292 valence electrons. The molecule has 11 rings (SSSR count). The summed E-state index contributed by atoms with van der Waals surface area (Å²) in [5, 5.41) is -0.251. The molecule has 0 saturated carbocycles. The van der Waals surface area contributed by atoms with Crippen LogP contribution in [0.15, 0.2) is 164 Å². The topological polar surface area (TPSA) is 77.7 Å². The minimum Gasteiger partial charge on any atom is -0.354 e. The molecule has 2 N–H and O–H groups in total. The van der Waals surface area contributed by atoms with Gasteiger partial charge in [-0.3, -0.25) is 9.69 Å². The standard InChI is InChI=1S/C53H36FN5OS/c54-38-20-16-37(17-21-38)53-59(48(60)32-61-53)39-22-18-36(19-23-39)52-46-30-28-44(57-46)50(34-12-6-2-7-13-34)42-26-24-40(55-42)49(33-10-4-1-5-11-33)41-25-27-43(56-41)51(35-14-8-3-9-15-35)45-29-31-47(52)58-45/h1-31,53,55,58H,32H2. The first-order valence-corrected chi connectivity index (χ1v) is 21.2. The third-order valence-electron chi connectivity index (χ3n) is 11.4.